The number of carbonyl (C=O) groups is 1. The molecule has 0 aliphatic carbocycles. The number of ether oxygens (including phenoxy) is 1. The van der Waals surface area contributed by atoms with Gasteiger partial charge in [-0.2, -0.15) is 0 Å². The molecule has 0 saturated carbocycles. The highest BCUT2D eigenvalue weighted by Crippen LogP contribution is 2.39. The predicted octanol–water partition coefficient (Wildman–Crippen LogP) is 3.98. The first kappa shape index (κ1) is 15.1. The third kappa shape index (κ3) is 3.06. The first-order valence-electron chi connectivity index (χ1n) is 6.11. The van der Waals surface area contributed by atoms with Crippen molar-refractivity contribution in [3.05, 3.63) is 22.7 Å². The van der Waals surface area contributed by atoms with Crippen LogP contribution in [0.4, 0.5) is 10.5 Å². The Morgan fingerprint density at radius 3 is 3.00 bits per heavy atom. The Kier molecular flexibility index (Phi) is 4.60. The molecule has 1 heterocycles. The van der Waals surface area contributed by atoms with Crippen molar-refractivity contribution in [2.24, 2.45) is 10.2 Å². The number of amides is 1. The Balaban J connectivity index is 2.57. The number of halogens is 1. The summed E-state index contributed by atoms with van der Waals surface area (Å²) in [5, 5.41) is 18.1. The smallest absolute Gasteiger partial charge is 0.452 e. The van der Waals surface area contributed by atoms with Gasteiger partial charge < -0.3 is 9.84 Å². The maximum Gasteiger partial charge on any atom is 0.452 e. The van der Waals surface area contributed by atoms with Crippen LogP contribution in [0.25, 0.3) is 10.9 Å². The minimum absolute atomic E-state index is 0.144. The zero-order chi connectivity index (χ0) is 15.4. The molecule has 7 heteroatoms. The van der Waals surface area contributed by atoms with Gasteiger partial charge in [-0.15, -0.1) is 11.5 Å². The van der Waals surface area contributed by atoms with E-state index in [-0.39, 0.29) is 24.7 Å². The van der Waals surface area contributed by atoms with E-state index in [1.807, 2.05) is 6.07 Å². The second-order valence-electron chi connectivity index (χ2n) is 4.02. The van der Waals surface area contributed by atoms with Crippen molar-refractivity contribution >= 4 is 38.6 Å². The molecule has 0 bridgehead atoms. The van der Waals surface area contributed by atoms with E-state index in [1.165, 1.54) is 4.57 Å². The molecular formula is C14H12BrN3O3. The molecule has 0 radical (unpaired) electrons. The second-order valence-corrected chi connectivity index (χ2v) is 4.94. The molecule has 1 aromatic carbocycles. The summed E-state index contributed by atoms with van der Waals surface area (Å²) in [4.78, 5) is 11.3. The number of hydrogen-bond donors (Lipinski definition) is 1. The average molecular weight is 350 g/mol. The van der Waals surface area contributed by atoms with Gasteiger partial charge in [0, 0.05) is 9.86 Å². The SMILES string of the molecule is C#CCn1c(O)c(N=NC(=O)OCC)c2cc(Br)ccc21. The van der Waals surface area contributed by atoms with Crippen LogP contribution < -0.4 is 0 Å². The number of benzene rings is 1. The van der Waals surface area contributed by atoms with Crippen LogP contribution in [0.15, 0.2) is 32.9 Å². The fraction of sp³-hybridized carbons (Fsp3) is 0.214. The van der Waals surface area contributed by atoms with Crippen molar-refractivity contribution in [1.82, 2.24) is 4.57 Å². The van der Waals surface area contributed by atoms with Crippen LogP contribution >= 0.6 is 15.9 Å². The van der Waals surface area contributed by atoms with Gasteiger partial charge in [0.25, 0.3) is 0 Å². The molecule has 0 fully saturated rings. The average Bonchev–Trinajstić information content (AvgIpc) is 2.70. The Hall–Kier alpha value is -2.33. The number of hydrogen-bond acceptors (Lipinski definition) is 4. The lowest BCUT2D eigenvalue weighted by Gasteiger charge is -2.00. The molecule has 1 aromatic heterocycles. The molecule has 0 aliphatic heterocycles. The molecule has 0 saturated heterocycles. The van der Waals surface area contributed by atoms with E-state index in [1.54, 1.807) is 19.1 Å². The Morgan fingerprint density at radius 1 is 1.57 bits per heavy atom. The number of aromatic nitrogens is 1. The summed E-state index contributed by atoms with van der Waals surface area (Å²) in [6.45, 7) is 2.05. The van der Waals surface area contributed by atoms with E-state index in [0.717, 1.165) is 4.47 Å². The van der Waals surface area contributed by atoms with Crippen molar-refractivity contribution in [2.45, 2.75) is 13.5 Å². The number of azo groups is 1. The summed E-state index contributed by atoms with van der Waals surface area (Å²) < 4.78 is 6.99. The summed E-state index contributed by atoms with van der Waals surface area (Å²) in [6.07, 6.45) is 4.49. The van der Waals surface area contributed by atoms with Gasteiger partial charge in [-0.05, 0) is 25.1 Å². The van der Waals surface area contributed by atoms with Gasteiger partial charge in [0.2, 0.25) is 5.88 Å². The van der Waals surface area contributed by atoms with E-state index >= 15 is 0 Å². The minimum Gasteiger partial charge on any atom is -0.493 e. The van der Waals surface area contributed by atoms with Crippen molar-refractivity contribution in [3.63, 3.8) is 0 Å². The van der Waals surface area contributed by atoms with E-state index < -0.39 is 6.09 Å². The topological polar surface area (TPSA) is 76.2 Å². The molecular weight excluding hydrogens is 338 g/mol. The molecule has 2 aromatic rings. The highest BCUT2D eigenvalue weighted by Gasteiger charge is 2.16. The van der Waals surface area contributed by atoms with E-state index in [4.69, 9.17) is 6.42 Å². The zero-order valence-corrected chi connectivity index (χ0v) is 12.8. The monoisotopic (exact) mass is 349 g/mol. The lowest BCUT2D eigenvalue weighted by atomic mass is 10.2. The molecule has 1 amide bonds. The lowest BCUT2D eigenvalue weighted by molar-refractivity contribution is 0.162. The van der Waals surface area contributed by atoms with Gasteiger partial charge >= 0.3 is 6.09 Å². The second kappa shape index (κ2) is 6.41. The molecule has 2 rings (SSSR count). The maximum atomic E-state index is 11.3. The highest BCUT2D eigenvalue weighted by atomic mass is 79.9. The molecule has 0 atom stereocenters. The van der Waals surface area contributed by atoms with Gasteiger partial charge in [-0.1, -0.05) is 27.0 Å². The van der Waals surface area contributed by atoms with Crippen LogP contribution in [0.3, 0.4) is 0 Å². The van der Waals surface area contributed by atoms with Crippen molar-refractivity contribution in [1.29, 1.82) is 0 Å². The Labute approximate surface area is 129 Å². The van der Waals surface area contributed by atoms with Crippen LogP contribution in [-0.2, 0) is 11.3 Å². The molecule has 0 aliphatic rings. The number of fused-ring (bicyclic) bond motifs is 1. The molecule has 1 N–H and O–H groups in total. The Bertz CT molecular complexity index is 759. The molecule has 21 heavy (non-hydrogen) atoms. The summed E-state index contributed by atoms with van der Waals surface area (Å²) in [6, 6.07) is 5.38. The van der Waals surface area contributed by atoms with Crippen LogP contribution in [0.2, 0.25) is 0 Å². The normalized spacial score (nSPS) is 10.9. The third-order valence-electron chi connectivity index (χ3n) is 2.72. The van der Waals surface area contributed by atoms with Crippen molar-refractivity contribution in [2.75, 3.05) is 6.61 Å². The molecule has 0 spiro atoms. The van der Waals surface area contributed by atoms with Gasteiger partial charge in [0.05, 0.1) is 18.7 Å². The standard InChI is InChI=1S/C14H12BrN3O3/c1-3-7-18-11-6-5-9(15)8-10(11)12(13(18)19)16-17-14(20)21-4-2/h1,5-6,8,19H,4,7H2,2H3. The number of nitrogens with zero attached hydrogens (tertiary/aromatic N) is 3. The fourth-order valence-corrected chi connectivity index (χ4v) is 2.25. The summed E-state index contributed by atoms with van der Waals surface area (Å²) in [5.74, 6) is 2.31. The first-order valence-corrected chi connectivity index (χ1v) is 6.90. The quantitative estimate of drug-likeness (QED) is 0.672. The summed E-state index contributed by atoms with van der Waals surface area (Å²) >= 11 is 3.35. The predicted molar refractivity (Wildman–Crippen MR) is 81.7 cm³/mol. The van der Waals surface area contributed by atoms with Gasteiger partial charge in [0.1, 0.15) is 0 Å². The molecule has 0 unspecified atom stereocenters. The number of aromatic hydroxyl groups is 1. The minimum atomic E-state index is -0.815. The first-order chi connectivity index (χ1) is 10.1. The van der Waals surface area contributed by atoms with Crippen molar-refractivity contribution in [3.8, 4) is 18.2 Å². The van der Waals surface area contributed by atoms with Crippen LogP contribution in [0.5, 0.6) is 5.88 Å². The van der Waals surface area contributed by atoms with Gasteiger partial charge in [0.15, 0.2) is 5.69 Å². The van der Waals surface area contributed by atoms with E-state index in [2.05, 4.69) is 36.8 Å². The van der Waals surface area contributed by atoms with Crippen LogP contribution in [0, 0.1) is 12.3 Å². The summed E-state index contributed by atoms with van der Waals surface area (Å²) in [7, 11) is 0. The third-order valence-corrected chi connectivity index (χ3v) is 3.21. The van der Waals surface area contributed by atoms with Gasteiger partial charge in [-0.25, -0.2) is 4.79 Å². The zero-order valence-electron chi connectivity index (χ0n) is 11.2. The Morgan fingerprint density at radius 2 is 2.33 bits per heavy atom. The number of rotatable bonds is 3. The van der Waals surface area contributed by atoms with Crippen molar-refractivity contribution < 1.29 is 14.6 Å². The number of terminal acetylenes is 1. The van der Waals surface area contributed by atoms with Gasteiger partial charge in [-0.3, -0.25) is 4.57 Å². The maximum absolute atomic E-state index is 11.3. The number of carbonyl (C=O) groups excluding carboxylic acids is 1. The lowest BCUT2D eigenvalue weighted by Crippen LogP contribution is -1.95. The largest absolute Gasteiger partial charge is 0.493 e. The van der Waals surface area contributed by atoms with E-state index in [0.29, 0.717) is 10.9 Å². The molecule has 108 valence electrons. The fourth-order valence-electron chi connectivity index (χ4n) is 1.89. The van der Waals surface area contributed by atoms with Crippen LogP contribution in [-0.4, -0.2) is 22.4 Å². The highest BCUT2D eigenvalue weighted by molar-refractivity contribution is 9.10. The van der Waals surface area contributed by atoms with E-state index in [9.17, 15) is 9.90 Å². The molecule has 6 nitrogen and oxygen atoms in total. The van der Waals surface area contributed by atoms with Crippen LogP contribution in [0.1, 0.15) is 6.92 Å². The summed E-state index contributed by atoms with van der Waals surface area (Å²) in [5.41, 5.74) is 0.876.